The van der Waals surface area contributed by atoms with Crippen LogP contribution in [0.5, 0.6) is 0 Å². The summed E-state index contributed by atoms with van der Waals surface area (Å²) in [6.07, 6.45) is 13.0. The Morgan fingerprint density at radius 2 is 0.709 bits per heavy atom. The van der Waals surface area contributed by atoms with E-state index < -0.39 is 5.60 Å². The molecule has 0 radical (unpaired) electrons. The fraction of sp³-hybridized carbons (Fsp3) is 0.434. The average molecular weight is 2140 g/mol. The predicted molar refractivity (Wildman–Crippen MR) is 573 cm³/mol. The lowest BCUT2D eigenvalue weighted by atomic mass is 10.2. The molecule has 134 heavy (non-hydrogen) atoms. The number of aromatic nitrogens is 14. The zero-order valence-corrected chi connectivity index (χ0v) is 87.6. The number of thioether (sulfide) groups is 7. The molecule has 1 saturated heterocycles. The van der Waals surface area contributed by atoms with Crippen LogP contribution in [0.3, 0.4) is 0 Å². The van der Waals surface area contributed by atoms with Crippen LogP contribution in [0.4, 0.5) is 40.7 Å². The Bertz CT molecular complexity index is 6810. The van der Waals surface area contributed by atoms with Crippen molar-refractivity contribution in [2.45, 2.75) is 144 Å². The lowest BCUT2D eigenvalue weighted by molar-refractivity contribution is -0.155. The number of H-pyrrole nitrogens is 14. The summed E-state index contributed by atoms with van der Waals surface area (Å²) < 4.78 is 25.1. The summed E-state index contributed by atoms with van der Waals surface area (Å²) in [6, 6.07) is 10.3. The molecule has 0 saturated carbocycles. The molecule has 8 aliphatic heterocycles. The van der Waals surface area contributed by atoms with E-state index in [9.17, 15) is 38.4 Å². The molecule has 34 nitrogen and oxygen atoms in total. The van der Waals surface area contributed by atoms with Crippen LogP contribution in [-0.2, 0) is 83.1 Å². The summed E-state index contributed by atoms with van der Waals surface area (Å²) in [7, 11) is 0. The summed E-state index contributed by atoms with van der Waals surface area (Å²) in [6.45, 7) is 18.5. The zero-order chi connectivity index (χ0) is 96.5. The molecule has 0 aliphatic carbocycles. The van der Waals surface area contributed by atoms with Gasteiger partial charge in [-0.05, 0) is 169 Å². The number of hydrogen-bond acceptors (Lipinski definition) is 37. The molecule has 1 fully saturated rings. The maximum atomic E-state index is 11.7. The molecule has 0 amide bonds. The number of hydrogen-bond donors (Lipinski definition) is 14. The number of carbonyl (C=O) groups is 4. The fourth-order valence-corrected chi connectivity index (χ4v) is 21.3. The number of rotatable bonds is 24. The minimum absolute atomic E-state index is 0.121. The summed E-state index contributed by atoms with van der Waals surface area (Å²) in [5, 5.41) is 6.70. The molecule has 0 spiro atoms. The van der Waals surface area contributed by atoms with Gasteiger partial charge in [0, 0.05) is 124 Å². The number of fused-ring (bicyclic) bond motifs is 7. The smallest absolute Gasteiger partial charge is 0.306 e. The van der Waals surface area contributed by atoms with Gasteiger partial charge in [-0.15, -0.1) is 82.3 Å². The van der Waals surface area contributed by atoms with Gasteiger partial charge in [0.05, 0.1) is 90.4 Å². The molecule has 51 heteroatoms. The van der Waals surface area contributed by atoms with Gasteiger partial charge in [0.25, 0.3) is 22.2 Å². The van der Waals surface area contributed by atoms with E-state index in [1.165, 1.54) is 29.1 Å². The Balaban J connectivity index is 0.000000162. The molecule has 1 aromatic carbocycles. The van der Waals surface area contributed by atoms with E-state index >= 15 is 0 Å². The van der Waals surface area contributed by atoms with Crippen molar-refractivity contribution in [3.63, 3.8) is 0 Å². The van der Waals surface area contributed by atoms with Crippen LogP contribution in [0.25, 0.3) is 6.08 Å². The van der Waals surface area contributed by atoms with Gasteiger partial charge in [-0.25, -0.2) is 34.9 Å². The van der Waals surface area contributed by atoms with Crippen LogP contribution in [0.2, 0.25) is 0 Å². The minimum Gasteiger partial charge on any atom is -0.466 e. The Morgan fingerprint density at radius 3 is 1.07 bits per heavy atom. The monoisotopic (exact) mass is 2140 g/mol. The molecule has 15 heterocycles. The number of Topliss-reactive ketones (excluding diaryl/α,β-unsaturated/α-hetero) is 1. The number of morpholine rings is 1. The molecule has 8 aliphatic rings. The first-order chi connectivity index (χ1) is 64.1. The topological polar surface area (TPSA) is 484 Å². The lowest BCUT2D eigenvalue weighted by Gasteiger charge is -2.26. The Labute approximate surface area is 849 Å². The summed E-state index contributed by atoms with van der Waals surface area (Å²) >= 11 is 61.9. The van der Waals surface area contributed by atoms with Crippen LogP contribution in [0, 0.1) is 47.3 Å². The average Bonchev–Trinajstić information content (AvgIpc) is 1.70. The number of aliphatic imine (C=N–C) groups is 7. The molecule has 7 aromatic heterocycles. The number of ketones is 1. The van der Waals surface area contributed by atoms with E-state index in [1.807, 2.05) is 39.0 Å². The van der Waals surface area contributed by atoms with Crippen LogP contribution in [0.15, 0.2) is 90.5 Å². The standard InChI is InChI=1S/C15H13N3S3.C14H19N3O2S3.C12H16N4OS3.C12H15N3O3S2.C11H13N3O3S2.C10H11N3O2S2.C9H11N3OS2/c19-14-11-9-12(16-13(11)17-15(20)18-14)21-8-4-7-10-5-2-1-3-6-10;1-14(2,3)19-10(18)5-4-6-22-9-7-8-11(15-9)16-13(21)17-12(8)20;18-11-8-7-9(13-10(8)14-12(19)15-11)20-6-3-16-1-4-17-5-2-16;1-2-18-9(16)4-3-5-20-8-6-7-10(13-8)14-12(19)15-11(7)17;1-2-17-8(15)3-4-19-7-5-6-9(12-7)13-11(18)14-10(6)16;1-5(14)2-3-17-7-4-6-8(11-7)12-10(16)13-9(6)15;1-2-3-15-6-4-5-7(10-6)11-9(14)12-8(5)13/h1-7H,8-9H2,(H2,17,18,19,20);4-7H2,1-3H3,(H2,16,17,20,21);1-7H2,(H2,14,15,18,19);2-6H2,1H3,(H2,14,15,17,19);2-5H2,1H3,(H2,13,14,16,18);2-4H2,1H3,(H2,12,13,15,16);2-4H2,1H3,(H2,11,12,13,14)/b7-4+;;;;;;. The van der Waals surface area contributed by atoms with Crippen LogP contribution in [0.1, 0.15) is 138 Å². The van der Waals surface area contributed by atoms with Gasteiger partial charge in [-0.3, -0.25) is 63.2 Å². The number of carbonyl (C=O) groups excluding carboxylic acids is 4. The van der Waals surface area contributed by atoms with E-state index in [0.29, 0.717) is 161 Å². The van der Waals surface area contributed by atoms with Gasteiger partial charge in [-0.1, -0.05) is 86.1 Å². The highest BCUT2D eigenvalue weighted by Crippen LogP contribution is 2.34. The van der Waals surface area contributed by atoms with Crippen molar-refractivity contribution in [2.24, 2.45) is 34.9 Å². The maximum Gasteiger partial charge on any atom is 0.306 e. The molecule has 16 rings (SSSR count). The molecule has 0 bridgehead atoms. The van der Waals surface area contributed by atoms with Crippen molar-refractivity contribution in [3.8, 4) is 0 Å². The van der Waals surface area contributed by atoms with Crippen LogP contribution < -0.4 is 22.2 Å². The number of nitrogens with zero attached hydrogens (tertiary/aromatic N) is 8. The van der Waals surface area contributed by atoms with Gasteiger partial charge in [0.2, 0.25) is 0 Å². The summed E-state index contributed by atoms with van der Waals surface area (Å²) in [5.74, 6) is 10.1. The third-order valence-corrected chi connectivity index (χ3v) is 28.3. The number of esters is 3. The maximum absolute atomic E-state index is 11.7. The SMILES string of the molecule is CC(=O)CCSC1=Nc2[nH]c(=S)[nH]c(=O)c2C1.CC(C)(C)OC(=O)CCCSC1=Nc2[nH]c(=S)[nH]c(=S)c2C1.CCCSC1=Nc2[nH]c(=S)[nH]c(=O)c2C1.CCOC(=O)CCCSC1=Nc2[nH]c(=S)[nH]c(=O)c2C1.CCOC(=O)CCSC1=Nc2[nH]c(=S)[nH]c(=O)c2C1.S=c1[nH]c2c(c(=S)[nH]1)CC(SC/C=C/c1ccccc1)=N2.S=c1[nH]c2c(c(=S)[nH]1)CC(SCCN1CCOCC1)=N2. The van der Waals surface area contributed by atoms with Crippen molar-refractivity contribution in [1.29, 1.82) is 0 Å². The van der Waals surface area contributed by atoms with Crippen LogP contribution in [-0.4, -0.2) is 226 Å². The van der Waals surface area contributed by atoms with Crippen molar-refractivity contribution in [3.05, 3.63) is 170 Å². The number of benzene rings is 1. The Morgan fingerprint density at radius 1 is 0.396 bits per heavy atom. The Kier molecular flexibility index (Phi) is 43.9. The molecule has 714 valence electrons. The first kappa shape index (κ1) is 108. The second-order valence-corrected chi connectivity index (χ2v) is 42.4. The quantitative estimate of drug-likeness (QED) is 0.0116. The van der Waals surface area contributed by atoms with E-state index in [-0.39, 0.29) is 60.2 Å². The third kappa shape index (κ3) is 35.5. The molecular formula is C83H98N22O12S17. The Hall–Kier alpha value is -7.94. The normalized spacial score (nSPS) is 14.2. The van der Waals surface area contributed by atoms with E-state index in [4.69, 9.17) is 141 Å². The van der Waals surface area contributed by atoms with E-state index in [2.05, 4.69) is 141 Å². The highest BCUT2D eigenvalue weighted by molar-refractivity contribution is 8.15. The van der Waals surface area contributed by atoms with Crippen molar-refractivity contribution in [2.75, 3.05) is 86.3 Å². The summed E-state index contributed by atoms with van der Waals surface area (Å²) in [5.41, 5.74) is 5.69. The second kappa shape index (κ2) is 54.4. The number of aromatic amines is 14. The zero-order valence-electron chi connectivity index (χ0n) is 73.8. The van der Waals surface area contributed by atoms with Crippen molar-refractivity contribution < 1.29 is 38.1 Å². The molecule has 0 atom stereocenters. The molecule has 8 aromatic rings. The highest BCUT2D eigenvalue weighted by Gasteiger charge is 2.27. The van der Waals surface area contributed by atoms with E-state index in [0.717, 1.165) is 163 Å². The second-order valence-electron chi connectivity index (χ2n) is 30.2. The van der Waals surface area contributed by atoms with E-state index in [1.54, 1.807) is 79.6 Å². The van der Waals surface area contributed by atoms with Gasteiger partial charge < -0.3 is 68.8 Å². The largest absolute Gasteiger partial charge is 0.466 e. The highest BCUT2D eigenvalue weighted by atomic mass is 32.2. The van der Waals surface area contributed by atoms with Gasteiger partial charge in [-0.2, -0.15) is 0 Å². The van der Waals surface area contributed by atoms with Crippen molar-refractivity contribution in [1.82, 2.24) is 74.7 Å². The number of nitrogens with one attached hydrogen (secondary N) is 14. The fourth-order valence-electron chi connectivity index (χ4n) is 12.6. The van der Waals surface area contributed by atoms with Gasteiger partial charge >= 0.3 is 17.9 Å². The first-order valence-electron chi connectivity index (χ1n) is 42.1. The molecular weight excluding hydrogens is 2040 g/mol. The molecule has 14 N–H and O–H groups in total. The van der Waals surface area contributed by atoms with Gasteiger partial charge in [0.15, 0.2) is 33.4 Å². The first-order valence-corrected chi connectivity index (χ1v) is 53.1. The molecule has 0 unspecified atom stereocenters. The third-order valence-electron chi connectivity index (χ3n) is 18.7. The minimum atomic E-state index is -0.421. The van der Waals surface area contributed by atoms with Crippen LogP contribution >= 0.6 is 205 Å². The predicted octanol–water partition coefficient (Wildman–Crippen LogP) is 19.2. The number of ether oxygens (including phenoxy) is 4. The lowest BCUT2D eigenvalue weighted by Crippen LogP contribution is -2.37. The summed E-state index contributed by atoms with van der Waals surface area (Å²) in [4.78, 5) is 164. The van der Waals surface area contributed by atoms with Crippen molar-refractivity contribution >= 4 is 310 Å². The van der Waals surface area contributed by atoms with Gasteiger partial charge in [0.1, 0.15) is 66.0 Å².